The summed E-state index contributed by atoms with van der Waals surface area (Å²) in [6, 6.07) is 12.9. The van der Waals surface area contributed by atoms with Gasteiger partial charge in [-0.15, -0.1) is 12.4 Å². The molecule has 0 unspecified atom stereocenters. The molecule has 0 fully saturated rings. The zero-order valence-electron chi connectivity index (χ0n) is 9.37. The van der Waals surface area contributed by atoms with Crippen LogP contribution in [0, 0.1) is 13.8 Å². The third kappa shape index (κ3) is 1.40. The van der Waals surface area contributed by atoms with E-state index in [-0.39, 0.29) is 12.4 Å². The minimum Gasteiger partial charge on any atom is -0.354 e. The van der Waals surface area contributed by atoms with Crippen molar-refractivity contribution in [1.82, 2.24) is 4.98 Å². The Balaban J connectivity index is 0.000000963. The Morgan fingerprint density at radius 2 is 1.62 bits per heavy atom. The van der Waals surface area contributed by atoms with E-state index in [0.29, 0.717) is 0 Å². The van der Waals surface area contributed by atoms with Crippen LogP contribution in [-0.4, -0.2) is 4.98 Å². The minimum atomic E-state index is 0. The van der Waals surface area contributed by atoms with Gasteiger partial charge in [-0.3, -0.25) is 0 Å². The molecule has 2 aromatic carbocycles. The molecule has 0 aliphatic rings. The summed E-state index contributed by atoms with van der Waals surface area (Å²) in [7, 11) is 0. The monoisotopic (exact) mass is 231 g/mol. The second kappa shape index (κ2) is 3.84. The van der Waals surface area contributed by atoms with E-state index < -0.39 is 0 Å². The van der Waals surface area contributed by atoms with Crippen LogP contribution < -0.4 is 0 Å². The van der Waals surface area contributed by atoms with Crippen LogP contribution in [0.1, 0.15) is 11.1 Å². The lowest BCUT2D eigenvalue weighted by molar-refractivity contribution is 1.35. The number of para-hydroxylation sites is 1. The lowest BCUT2D eigenvalue weighted by Crippen LogP contribution is -1.81. The van der Waals surface area contributed by atoms with Crippen LogP contribution in [0.15, 0.2) is 36.4 Å². The molecular formula is C14H14ClN. The fourth-order valence-corrected chi connectivity index (χ4v) is 2.16. The number of halogens is 1. The summed E-state index contributed by atoms with van der Waals surface area (Å²) < 4.78 is 0. The Kier molecular flexibility index (Phi) is 2.64. The minimum absolute atomic E-state index is 0. The van der Waals surface area contributed by atoms with Crippen molar-refractivity contribution in [1.29, 1.82) is 0 Å². The predicted octanol–water partition coefficient (Wildman–Crippen LogP) is 4.36. The zero-order valence-corrected chi connectivity index (χ0v) is 10.2. The van der Waals surface area contributed by atoms with E-state index in [1.54, 1.807) is 0 Å². The van der Waals surface area contributed by atoms with Crippen molar-refractivity contribution in [2.24, 2.45) is 0 Å². The van der Waals surface area contributed by atoms with Gasteiger partial charge in [0.25, 0.3) is 0 Å². The highest BCUT2D eigenvalue weighted by atomic mass is 35.5. The number of rotatable bonds is 0. The van der Waals surface area contributed by atoms with Gasteiger partial charge in [-0.1, -0.05) is 30.3 Å². The molecule has 1 aromatic heterocycles. The van der Waals surface area contributed by atoms with E-state index in [2.05, 4.69) is 55.2 Å². The maximum Gasteiger partial charge on any atom is 0.0497 e. The van der Waals surface area contributed by atoms with Gasteiger partial charge in [-0.05, 0) is 31.0 Å². The van der Waals surface area contributed by atoms with Gasteiger partial charge in [-0.2, -0.15) is 0 Å². The fraction of sp³-hybridized carbons (Fsp3) is 0.143. The summed E-state index contributed by atoms with van der Waals surface area (Å²) in [6.07, 6.45) is 0. The van der Waals surface area contributed by atoms with Gasteiger partial charge < -0.3 is 4.98 Å². The van der Waals surface area contributed by atoms with Crippen molar-refractivity contribution >= 4 is 34.2 Å². The largest absolute Gasteiger partial charge is 0.354 e. The highest BCUT2D eigenvalue weighted by Gasteiger charge is 2.06. The molecule has 3 rings (SSSR count). The molecule has 0 atom stereocenters. The number of aromatic nitrogens is 1. The molecule has 0 saturated carbocycles. The average Bonchev–Trinajstić information content (AvgIpc) is 2.63. The topological polar surface area (TPSA) is 15.8 Å². The molecule has 0 aliphatic heterocycles. The number of benzene rings is 2. The first kappa shape index (κ1) is 11.0. The van der Waals surface area contributed by atoms with Gasteiger partial charge in [-0.25, -0.2) is 0 Å². The Morgan fingerprint density at radius 1 is 0.875 bits per heavy atom. The van der Waals surface area contributed by atoms with Gasteiger partial charge >= 0.3 is 0 Å². The summed E-state index contributed by atoms with van der Waals surface area (Å²) in [5.74, 6) is 0. The summed E-state index contributed by atoms with van der Waals surface area (Å²) in [5, 5.41) is 2.64. The number of aryl methyl sites for hydroxylation is 2. The fourth-order valence-electron chi connectivity index (χ4n) is 2.16. The molecule has 0 aliphatic carbocycles. The number of nitrogens with one attached hydrogen (secondary N) is 1. The second-order valence-electron chi connectivity index (χ2n) is 4.10. The van der Waals surface area contributed by atoms with E-state index >= 15 is 0 Å². The smallest absolute Gasteiger partial charge is 0.0497 e. The SMILES string of the molecule is Cc1ccc2c([nH]c3ccccc32)c1C.Cl. The van der Waals surface area contributed by atoms with Crippen molar-refractivity contribution in [2.75, 3.05) is 0 Å². The summed E-state index contributed by atoms with van der Waals surface area (Å²) >= 11 is 0. The van der Waals surface area contributed by atoms with Crippen molar-refractivity contribution in [3.63, 3.8) is 0 Å². The Hall–Kier alpha value is -1.47. The number of fused-ring (bicyclic) bond motifs is 3. The number of aromatic amines is 1. The predicted molar refractivity (Wildman–Crippen MR) is 72.5 cm³/mol. The maximum absolute atomic E-state index is 3.49. The average molecular weight is 232 g/mol. The molecule has 1 nitrogen and oxygen atoms in total. The highest BCUT2D eigenvalue weighted by molar-refractivity contribution is 6.08. The molecule has 0 radical (unpaired) electrons. The van der Waals surface area contributed by atoms with Crippen LogP contribution in [0.4, 0.5) is 0 Å². The van der Waals surface area contributed by atoms with Crippen LogP contribution in [0.25, 0.3) is 21.8 Å². The quantitative estimate of drug-likeness (QED) is 0.592. The standard InChI is InChI=1S/C14H13N.ClH/c1-9-7-8-12-11-5-3-4-6-13(11)15-14(12)10(9)2;/h3-8,15H,1-2H3;1H. The third-order valence-corrected chi connectivity index (χ3v) is 3.21. The van der Waals surface area contributed by atoms with Gasteiger partial charge in [0, 0.05) is 21.8 Å². The second-order valence-corrected chi connectivity index (χ2v) is 4.10. The van der Waals surface area contributed by atoms with E-state index in [9.17, 15) is 0 Å². The van der Waals surface area contributed by atoms with Gasteiger partial charge in [0.05, 0.1) is 0 Å². The number of hydrogen-bond donors (Lipinski definition) is 1. The third-order valence-electron chi connectivity index (χ3n) is 3.21. The van der Waals surface area contributed by atoms with Crippen LogP contribution in [0.2, 0.25) is 0 Å². The van der Waals surface area contributed by atoms with Gasteiger partial charge in [0.15, 0.2) is 0 Å². The number of hydrogen-bond acceptors (Lipinski definition) is 0. The van der Waals surface area contributed by atoms with Gasteiger partial charge in [0.1, 0.15) is 0 Å². The molecule has 82 valence electrons. The molecule has 3 aromatic rings. The molecule has 0 amide bonds. The van der Waals surface area contributed by atoms with Crippen molar-refractivity contribution in [3.8, 4) is 0 Å². The van der Waals surface area contributed by atoms with Crippen LogP contribution in [-0.2, 0) is 0 Å². The van der Waals surface area contributed by atoms with Crippen molar-refractivity contribution in [2.45, 2.75) is 13.8 Å². The molecule has 1 N–H and O–H groups in total. The first-order chi connectivity index (χ1) is 7.27. The Labute approximate surface area is 101 Å². The zero-order chi connectivity index (χ0) is 10.4. The van der Waals surface area contributed by atoms with E-state index in [1.807, 2.05) is 0 Å². The lowest BCUT2D eigenvalue weighted by Gasteiger charge is -2.00. The summed E-state index contributed by atoms with van der Waals surface area (Å²) in [6.45, 7) is 4.33. The van der Waals surface area contributed by atoms with Crippen LogP contribution in [0.3, 0.4) is 0 Å². The van der Waals surface area contributed by atoms with Crippen molar-refractivity contribution < 1.29 is 0 Å². The Bertz CT molecular complexity index is 652. The molecule has 1 heterocycles. The first-order valence-corrected chi connectivity index (χ1v) is 5.24. The van der Waals surface area contributed by atoms with E-state index in [1.165, 1.54) is 32.9 Å². The lowest BCUT2D eigenvalue weighted by atomic mass is 10.1. The molecule has 16 heavy (non-hydrogen) atoms. The van der Waals surface area contributed by atoms with E-state index in [0.717, 1.165) is 0 Å². The molecular weight excluding hydrogens is 218 g/mol. The van der Waals surface area contributed by atoms with Crippen LogP contribution >= 0.6 is 12.4 Å². The molecule has 0 bridgehead atoms. The van der Waals surface area contributed by atoms with Crippen molar-refractivity contribution in [3.05, 3.63) is 47.5 Å². The number of H-pyrrole nitrogens is 1. The summed E-state index contributed by atoms with van der Waals surface area (Å²) in [5.41, 5.74) is 5.19. The highest BCUT2D eigenvalue weighted by Crippen LogP contribution is 2.28. The van der Waals surface area contributed by atoms with Crippen LogP contribution in [0.5, 0.6) is 0 Å². The molecule has 0 spiro atoms. The first-order valence-electron chi connectivity index (χ1n) is 5.24. The summed E-state index contributed by atoms with van der Waals surface area (Å²) in [4.78, 5) is 3.49. The maximum atomic E-state index is 3.49. The van der Waals surface area contributed by atoms with Gasteiger partial charge in [0.2, 0.25) is 0 Å². The Morgan fingerprint density at radius 3 is 2.44 bits per heavy atom. The normalized spacial score (nSPS) is 10.6. The molecule has 0 saturated heterocycles. The van der Waals surface area contributed by atoms with E-state index in [4.69, 9.17) is 0 Å². The molecule has 2 heteroatoms.